The average molecular weight is 473 g/mol. The molecule has 5 heteroatoms. The fourth-order valence-electron chi connectivity index (χ4n) is 3.99. The monoisotopic (exact) mass is 472 g/mol. The van der Waals surface area contributed by atoms with E-state index >= 15 is 0 Å². The number of hydrogen-bond donors (Lipinski definition) is 1. The Hall–Kier alpha value is -3.60. The van der Waals surface area contributed by atoms with Gasteiger partial charge in [-0.2, -0.15) is 0 Å². The number of aryl methyl sites for hydroxylation is 2. The summed E-state index contributed by atoms with van der Waals surface area (Å²) in [5, 5.41) is 3.01. The summed E-state index contributed by atoms with van der Waals surface area (Å²) in [5.74, 6) is 0.315. The van der Waals surface area contributed by atoms with Crippen LogP contribution in [0.15, 0.2) is 72.8 Å². The van der Waals surface area contributed by atoms with E-state index in [1.54, 1.807) is 4.90 Å². The lowest BCUT2D eigenvalue weighted by atomic mass is 10.0. The Morgan fingerprint density at radius 3 is 2.29 bits per heavy atom. The standard InChI is InChI=1S/C30H36N2O3/c1-5-18-31-30(34)27(19-25-14-7-6-8-15-25)32(20-26-16-10-9-12-23(26)3)29(33)21-35-28-17-11-13-22(2)24(28)4/h6-17,27H,5,18-21H2,1-4H3,(H,31,34). The van der Waals surface area contributed by atoms with E-state index in [1.807, 2.05) is 100 Å². The molecule has 3 aromatic carbocycles. The van der Waals surface area contributed by atoms with E-state index in [1.165, 1.54) is 0 Å². The predicted molar refractivity (Wildman–Crippen MR) is 140 cm³/mol. The third-order valence-electron chi connectivity index (χ3n) is 6.33. The maximum atomic E-state index is 13.7. The van der Waals surface area contributed by atoms with E-state index in [0.29, 0.717) is 25.3 Å². The molecule has 0 aliphatic rings. The third kappa shape index (κ3) is 7.19. The minimum absolute atomic E-state index is 0.136. The van der Waals surface area contributed by atoms with E-state index in [4.69, 9.17) is 4.74 Å². The van der Waals surface area contributed by atoms with Crippen molar-refractivity contribution in [1.29, 1.82) is 0 Å². The van der Waals surface area contributed by atoms with Crippen LogP contribution in [0.5, 0.6) is 5.75 Å². The summed E-state index contributed by atoms with van der Waals surface area (Å²) in [6.45, 7) is 8.80. The lowest BCUT2D eigenvalue weighted by molar-refractivity contribution is -0.142. The number of nitrogens with one attached hydrogen (secondary N) is 1. The van der Waals surface area contributed by atoms with Gasteiger partial charge in [0.25, 0.3) is 5.91 Å². The topological polar surface area (TPSA) is 58.6 Å². The molecule has 0 aliphatic heterocycles. The Kier molecular flexibility index (Phi) is 9.47. The minimum atomic E-state index is -0.654. The molecule has 0 radical (unpaired) electrons. The SMILES string of the molecule is CCCNC(=O)C(Cc1ccccc1)N(Cc1ccccc1C)C(=O)COc1cccc(C)c1C. The van der Waals surface area contributed by atoms with Gasteiger partial charge in [-0.3, -0.25) is 9.59 Å². The smallest absolute Gasteiger partial charge is 0.261 e. The van der Waals surface area contributed by atoms with Crippen LogP contribution in [0.2, 0.25) is 0 Å². The number of rotatable bonds is 11. The van der Waals surface area contributed by atoms with Crippen LogP contribution in [0.1, 0.15) is 41.2 Å². The van der Waals surface area contributed by atoms with E-state index < -0.39 is 6.04 Å². The first-order valence-corrected chi connectivity index (χ1v) is 12.2. The summed E-state index contributed by atoms with van der Waals surface area (Å²) >= 11 is 0. The Labute approximate surface area is 209 Å². The van der Waals surface area contributed by atoms with Crippen molar-refractivity contribution in [2.24, 2.45) is 0 Å². The zero-order valence-electron chi connectivity index (χ0n) is 21.2. The van der Waals surface area contributed by atoms with Crippen molar-refractivity contribution in [2.75, 3.05) is 13.2 Å². The molecule has 5 nitrogen and oxygen atoms in total. The van der Waals surface area contributed by atoms with Crippen molar-refractivity contribution in [2.45, 2.75) is 53.1 Å². The van der Waals surface area contributed by atoms with E-state index in [9.17, 15) is 9.59 Å². The number of amides is 2. The van der Waals surface area contributed by atoms with Crippen molar-refractivity contribution in [3.8, 4) is 5.75 Å². The van der Waals surface area contributed by atoms with Gasteiger partial charge in [-0.05, 0) is 61.1 Å². The van der Waals surface area contributed by atoms with Crippen LogP contribution in [0.4, 0.5) is 0 Å². The van der Waals surface area contributed by atoms with Gasteiger partial charge in [0.05, 0.1) is 0 Å². The second-order valence-electron chi connectivity index (χ2n) is 8.93. The number of hydrogen-bond acceptors (Lipinski definition) is 3. The van der Waals surface area contributed by atoms with E-state index in [-0.39, 0.29) is 18.4 Å². The van der Waals surface area contributed by atoms with Crippen LogP contribution >= 0.6 is 0 Å². The first kappa shape index (κ1) is 26.0. The highest BCUT2D eigenvalue weighted by molar-refractivity contribution is 5.88. The maximum absolute atomic E-state index is 13.7. The lowest BCUT2D eigenvalue weighted by Crippen LogP contribution is -2.51. The Morgan fingerprint density at radius 1 is 0.886 bits per heavy atom. The Morgan fingerprint density at radius 2 is 1.57 bits per heavy atom. The maximum Gasteiger partial charge on any atom is 0.261 e. The molecule has 0 bridgehead atoms. The molecule has 0 aromatic heterocycles. The zero-order chi connectivity index (χ0) is 25.2. The van der Waals surface area contributed by atoms with Gasteiger partial charge in [-0.25, -0.2) is 0 Å². The molecule has 184 valence electrons. The normalized spacial score (nSPS) is 11.5. The summed E-state index contributed by atoms with van der Waals surface area (Å²) in [7, 11) is 0. The second kappa shape index (κ2) is 12.7. The highest BCUT2D eigenvalue weighted by Gasteiger charge is 2.30. The summed E-state index contributed by atoms with van der Waals surface area (Å²) in [4.78, 5) is 28.7. The summed E-state index contributed by atoms with van der Waals surface area (Å²) in [6, 6.07) is 22.9. The molecule has 0 saturated heterocycles. The fraction of sp³-hybridized carbons (Fsp3) is 0.333. The predicted octanol–water partition coefficient (Wildman–Crippen LogP) is 5.16. The molecule has 0 spiro atoms. The molecule has 0 fully saturated rings. The number of carbonyl (C=O) groups excluding carboxylic acids is 2. The average Bonchev–Trinajstić information content (AvgIpc) is 2.87. The van der Waals surface area contributed by atoms with Crippen molar-refractivity contribution in [1.82, 2.24) is 10.2 Å². The van der Waals surface area contributed by atoms with Crippen LogP contribution in [-0.2, 0) is 22.6 Å². The fourth-order valence-corrected chi connectivity index (χ4v) is 3.99. The van der Waals surface area contributed by atoms with E-state index in [0.717, 1.165) is 34.2 Å². The van der Waals surface area contributed by atoms with Crippen LogP contribution in [0.3, 0.4) is 0 Å². The minimum Gasteiger partial charge on any atom is -0.483 e. The van der Waals surface area contributed by atoms with Crippen LogP contribution in [0.25, 0.3) is 0 Å². The molecule has 1 N–H and O–H groups in total. The Bertz CT molecular complexity index is 1130. The van der Waals surface area contributed by atoms with Crippen molar-refractivity contribution >= 4 is 11.8 Å². The third-order valence-corrected chi connectivity index (χ3v) is 6.33. The van der Waals surface area contributed by atoms with Gasteiger partial charge in [0.15, 0.2) is 6.61 Å². The molecule has 35 heavy (non-hydrogen) atoms. The molecule has 0 heterocycles. The highest BCUT2D eigenvalue weighted by Crippen LogP contribution is 2.22. The van der Waals surface area contributed by atoms with Gasteiger partial charge in [0.1, 0.15) is 11.8 Å². The Balaban J connectivity index is 1.92. The first-order valence-electron chi connectivity index (χ1n) is 12.2. The molecular formula is C30H36N2O3. The zero-order valence-corrected chi connectivity index (χ0v) is 21.2. The quantitative estimate of drug-likeness (QED) is 0.420. The molecule has 1 atom stereocenters. The van der Waals surface area contributed by atoms with Crippen molar-refractivity contribution < 1.29 is 14.3 Å². The summed E-state index contributed by atoms with van der Waals surface area (Å²) < 4.78 is 5.97. The molecule has 0 saturated carbocycles. The molecule has 0 aliphatic carbocycles. The van der Waals surface area contributed by atoms with Crippen LogP contribution in [-0.4, -0.2) is 35.9 Å². The van der Waals surface area contributed by atoms with Gasteiger partial charge in [-0.15, -0.1) is 0 Å². The van der Waals surface area contributed by atoms with Crippen LogP contribution in [0, 0.1) is 20.8 Å². The molecular weight excluding hydrogens is 436 g/mol. The number of nitrogens with zero attached hydrogens (tertiary/aromatic N) is 1. The van der Waals surface area contributed by atoms with Crippen molar-refractivity contribution in [3.05, 3.63) is 101 Å². The van der Waals surface area contributed by atoms with Gasteiger partial charge < -0.3 is 15.0 Å². The van der Waals surface area contributed by atoms with Crippen molar-refractivity contribution in [3.63, 3.8) is 0 Å². The van der Waals surface area contributed by atoms with Gasteiger partial charge >= 0.3 is 0 Å². The molecule has 3 rings (SSSR count). The number of carbonyl (C=O) groups is 2. The molecule has 3 aromatic rings. The van der Waals surface area contributed by atoms with Gasteiger partial charge in [-0.1, -0.05) is 73.7 Å². The van der Waals surface area contributed by atoms with Gasteiger partial charge in [0, 0.05) is 19.5 Å². The number of benzene rings is 3. The highest BCUT2D eigenvalue weighted by atomic mass is 16.5. The summed E-state index contributed by atoms with van der Waals surface area (Å²) in [5.41, 5.74) is 5.20. The van der Waals surface area contributed by atoms with Gasteiger partial charge in [0.2, 0.25) is 5.91 Å². The molecule has 1 unspecified atom stereocenters. The summed E-state index contributed by atoms with van der Waals surface area (Å²) in [6.07, 6.45) is 1.25. The second-order valence-corrected chi connectivity index (χ2v) is 8.93. The van der Waals surface area contributed by atoms with E-state index in [2.05, 4.69) is 5.32 Å². The number of ether oxygens (including phenoxy) is 1. The first-order chi connectivity index (χ1) is 16.9. The molecule has 2 amide bonds. The lowest BCUT2D eigenvalue weighted by Gasteiger charge is -2.32. The van der Waals surface area contributed by atoms with Crippen LogP contribution < -0.4 is 10.1 Å². The largest absolute Gasteiger partial charge is 0.483 e.